The molecule has 1 saturated heterocycles. The number of rotatable bonds is 4. The highest BCUT2D eigenvalue weighted by atomic mass is 16.5. The van der Waals surface area contributed by atoms with Crippen LogP contribution < -0.4 is 5.32 Å². The molecule has 0 bridgehead atoms. The lowest BCUT2D eigenvalue weighted by Gasteiger charge is -2.32. The van der Waals surface area contributed by atoms with E-state index in [4.69, 9.17) is 4.74 Å². The van der Waals surface area contributed by atoms with Crippen molar-refractivity contribution >= 4 is 0 Å². The van der Waals surface area contributed by atoms with Crippen LogP contribution in [0, 0.1) is 0 Å². The minimum absolute atomic E-state index is 0.0111. The molecule has 0 radical (unpaired) electrons. The summed E-state index contributed by atoms with van der Waals surface area (Å²) >= 11 is 0. The van der Waals surface area contributed by atoms with Gasteiger partial charge in [0, 0.05) is 50.9 Å². The van der Waals surface area contributed by atoms with Crippen molar-refractivity contribution in [1.82, 2.24) is 15.1 Å². The second-order valence-electron chi connectivity index (χ2n) is 6.40. The normalized spacial score (nSPS) is 19.6. The van der Waals surface area contributed by atoms with E-state index in [1.807, 2.05) is 10.9 Å². The molecule has 1 aliphatic rings. The van der Waals surface area contributed by atoms with E-state index in [9.17, 15) is 5.11 Å². The zero-order valence-corrected chi connectivity index (χ0v) is 12.1. The van der Waals surface area contributed by atoms with Crippen LogP contribution in [0.5, 0.6) is 0 Å². The molecule has 0 atom stereocenters. The highest BCUT2D eigenvalue weighted by Gasteiger charge is 2.29. The smallest absolute Gasteiger partial charge is 0.0815 e. The summed E-state index contributed by atoms with van der Waals surface area (Å²) in [5.74, 6) is 0. The molecule has 2 rings (SSSR count). The largest absolute Gasteiger partial charge is 0.388 e. The van der Waals surface area contributed by atoms with Crippen molar-refractivity contribution in [2.45, 2.75) is 51.3 Å². The van der Waals surface area contributed by atoms with Crippen LogP contribution in [0.4, 0.5) is 0 Å². The van der Waals surface area contributed by atoms with Gasteiger partial charge < -0.3 is 15.2 Å². The Bertz CT molecular complexity index is 403. The molecule has 1 fully saturated rings. The third-order valence-corrected chi connectivity index (χ3v) is 3.53. The number of hydrogen-bond acceptors (Lipinski definition) is 4. The van der Waals surface area contributed by atoms with Crippen molar-refractivity contribution in [3.05, 3.63) is 18.0 Å². The Morgan fingerprint density at radius 2 is 2.11 bits per heavy atom. The van der Waals surface area contributed by atoms with E-state index >= 15 is 0 Å². The molecule has 0 aromatic carbocycles. The van der Waals surface area contributed by atoms with Crippen molar-refractivity contribution in [1.29, 1.82) is 0 Å². The molecule has 1 aliphatic heterocycles. The minimum atomic E-state index is -0.613. The van der Waals surface area contributed by atoms with Crippen LogP contribution in [0.15, 0.2) is 12.4 Å². The van der Waals surface area contributed by atoms with E-state index in [-0.39, 0.29) is 5.54 Å². The zero-order chi connectivity index (χ0) is 13.9. The van der Waals surface area contributed by atoms with E-state index in [1.165, 1.54) is 0 Å². The van der Waals surface area contributed by atoms with E-state index < -0.39 is 5.60 Å². The lowest BCUT2D eigenvalue weighted by molar-refractivity contribution is -0.0617. The van der Waals surface area contributed by atoms with Gasteiger partial charge in [0.2, 0.25) is 0 Å². The van der Waals surface area contributed by atoms with Gasteiger partial charge in [0.1, 0.15) is 0 Å². The van der Waals surface area contributed by atoms with E-state index in [2.05, 4.69) is 37.4 Å². The molecule has 5 heteroatoms. The molecule has 0 spiro atoms. The Hall–Kier alpha value is -0.910. The number of aromatic nitrogens is 2. The summed E-state index contributed by atoms with van der Waals surface area (Å²) in [4.78, 5) is 0. The van der Waals surface area contributed by atoms with Crippen molar-refractivity contribution in [3.8, 4) is 0 Å². The van der Waals surface area contributed by atoms with E-state index in [1.54, 1.807) is 0 Å². The van der Waals surface area contributed by atoms with Crippen molar-refractivity contribution < 1.29 is 9.84 Å². The maximum atomic E-state index is 10.3. The monoisotopic (exact) mass is 267 g/mol. The maximum absolute atomic E-state index is 10.3. The SMILES string of the molecule is CC(C)(C)n1cc(CNCC2(O)CCOCC2)cn1. The number of aliphatic hydroxyl groups is 1. The van der Waals surface area contributed by atoms with Crippen LogP contribution in [0.25, 0.3) is 0 Å². The topological polar surface area (TPSA) is 59.3 Å². The molecule has 0 amide bonds. The Balaban J connectivity index is 1.81. The number of nitrogens with one attached hydrogen (secondary N) is 1. The number of ether oxygens (including phenoxy) is 1. The molecule has 1 aromatic heterocycles. The van der Waals surface area contributed by atoms with E-state index in [0.29, 0.717) is 32.6 Å². The lowest BCUT2D eigenvalue weighted by Crippen LogP contribution is -2.44. The van der Waals surface area contributed by atoms with Crippen LogP contribution >= 0.6 is 0 Å². The summed E-state index contributed by atoms with van der Waals surface area (Å²) < 4.78 is 7.23. The predicted octanol–water partition coefficient (Wildman–Crippen LogP) is 1.27. The average molecular weight is 267 g/mol. The van der Waals surface area contributed by atoms with Crippen molar-refractivity contribution in [2.24, 2.45) is 0 Å². The third kappa shape index (κ3) is 4.03. The fourth-order valence-corrected chi connectivity index (χ4v) is 2.19. The molecule has 108 valence electrons. The van der Waals surface area contributed by atoms with E-state index in [0.717, 1.165) is 12.1 Å². The van der Waals surface area contributed by atoms with Gasteiger partial charge in [-0.3, -0.25) is 4.68 Å². The molecule has 1 aromatic rings. The second-order valence-corrected chi connectivity index (χ2v) is 6.40. The molecule has 2 N–H and O–H groups in total. The van der Waals surface area contributed by atoms with Crippen LogP contribution in [0.3, 0.4) is 0 Å². The molecule has 0 saturated carbocycles. The average Bonchev–Trinajstić information content (AvgIpc) is 2.78. The molecular weight excluding hydrogens is 242 g/mol. The zero-order valence-electron chi connectivity index (χ0n) is 12.1. The standard InChI is InChI=1S/C14H25N3O2/c1-13(2,3)17-10-12(9-16-17)8-15-11-14(18)4-6-19-7-5-14/h9-10,15,18H,4-8,11H2,1-3H3. The second kappa shape index (κ2) is 5.61. The molecule has 0 aliphatic carbocycles. The van der Waals surface area contributed by atoms with Crippen LogP contribution in [-0.4, -0.2) is 40.2 Å². The quantitative estimate of drug-likeness (QED) is 0.862. The Morgan fingerprint density at radius 3 is 2.68 bits per heavy atom. The third-order valence-electron chi connectivity index (χ3n) is 3.53. The van der Waals surface area contributed by atoms with Gasteiger partial charge in [0.25, 0.3) is 0 Å². The minimum Gasteiger partial charge on any atom is -0.388 e. The lowest BCUT2D eigenvalue weighted by atomic mass is 9.94. The summed E-state index contributed by atoms with van der Waals surface area (Å²) in [5, 5.41) is 18.0. The van der Waals surface area contributed by atoms with Gasteiger partial charge >= 0.3 is 0 Å². The van der Waals surface area contributed by atoms with Gasteiger partial charge in [-0.15, -0.1) is 0 Å². The van der Waals surface area contributed by atoms with Gasteiger partial charge in [0.05, 0.1) is 17.3 Å². The van der Waals surface area contributed by atoms with Crippen LogP contribution in [0.1, 0.15) is 39.2 Å². The van der Waals surface area contributed by atoms with Crippen molar-refractivity contribution in [2.75, 3.05) is 19.8 Å². The molecule has 0 unspecified atom stereocenters. The van der Waals surface area contributed by atoms with Gasteiger partial charge in [-0.1, -0.05) is 0 Å². The molecular formula is C14H25N3O2. The fraction of sp³-hybridized carbons (Fsp3) is 0.786. The molecule has 2 heterocycles. The maximum Gasteiger partial charge on any atom is 0.0815 e. The molecule has 19 heavy (non-hydrogen) atoms. The Kier molecular flexibility index (Phi) is 4.28. The first-order valence-corrected chi connectivity index (χ1v) is 6.94. The fourth-order valence-electron chi connectivity index (χ4n) is 2.19. The first-order valence-electron chi connectivity index (χ1n) is 6.94. The number of hydrogen-bond donors (Lipinski definition) is 2. The summed E-state index contributed by atoms with van der Waals surface area (Å²) in [5.41, 5.74) is 0.542. The van der Waals surface area contributed by atoms with Gasteiger partial charge in [0.15, 0.2) is 0 Å². The van der Waals surface area contributed by atoms with Gasteiger partial charge in [-0.25, -0.2) is 0 Å². The first kappa shape index (κ1) is 14.5. The Labute approximate surface area is 115 Å². The molecule has 5 nitrogen and oxygen atoms in total. The van der Waals surface area contributed by atoms with Crippen LogP contribution in [-0.2, 0) is 16.8 Å². The van der Waals surface area contributed by atoms with Gasteiger partial charge in [-0.2, -0.15) is 5.10 Å². The summed E-state index contributed by atoms with van der Waals surface area (Å²) in [7, 11) is 0. The highest BCUT2D eigenvalue weighted by Crippen LogP contribution is 2.19. The Morgan fingerprint density at radius 1 is 1.42 bits per heavy atom. The predicted molar refractivity (Wildman–Crippen MR) is 73.9 cm³/mol. The highest BCUT2D eigenvalue weighted by molar-refractivity contribution is 5.05. The van der Waals surface area contributed by atoms with Gasteiger partial charge in [-0.05, 0) is 20.8 Å². The van der Waals surface area contributed by atoms with Crippen LogP contribution in [0.2, 0.25) is 0 Å². The summed E-state index contributed by atoms with van der Waals surface area (Å²) in [6, 6.07) is 0. The summed E-state index contributed by atoms with van der Waals surface area (Å²) in [6.07, 6.45) is 5.36. The number of nitrogens with zero attached hydrogens (tertiary/aromatic N) is 2. The first-order chi connectivity index (χ1) is 8.89. The summed E-state index contributed by atoms with van der Waals surface area (Å²) in [6.45, 7) is 9.03. The van der Waals surface area contributed by atoms with Crippen molar-refractivity contribution in [3.63, 3.8) is 0 Å².